The van der Waals surface area contributed by atoms with Crippen LogP contribution in [0.3, 0.4) is 0 Å². The van der Waals surface area contributed by atoms with Crippen LogP contribution < -0.4 is 16.0 Å². The zero-order valence-corrected chi connectivity index (χ0v) is 20.7. The molecular weight excluding hydrogens is 432 g/mol. The summed E-state index contributed by atoms with van der Waals surface area (Å²) in [6, 6.07) is 0.634. The maximum absolute atomic E-state index is 11.0. The van der Waals surface area contributed by atoms with Gasteiger partial charge in [0.15, 0.2) is 16.6 Å². The van der Waals surface area contributed by atoms with Gasteiger partial charge in [-0.2, -0.15) is 0 Å². The number of nitrogens with zero attached hydrogens (tertiary/aromatic N) is 1. The molecule has 0 fully saturated rings. The first kappa shape index (κ1) is 28.5. The van der Waals surface area contributed by atoms with Crippen LogP contribution in [-0.4, -0.2) is 35.6 Å². The molecule has 1 heterocycles. The molecule has 0 saturated heterocycles. The zero-order valence-electron chi connectivity index (χ0n) is 19.1. The summed E-state index contributed by atoms with van der Waals surface area (Å²) in [4.78, 5) is 15.9. The van der Waals surface area contributed by atoms with E-state index < -0.39 is 0 Å². The minimum Gasteiger partial charge on any atom is -0.504 e. The van der Waals surface area contributed by atoms with E-state index in [1.807, 2.05) is 14.0 Å². The summed E-state index contributed by atoms with van der Waals surface area (Å²) in [5, 5.41) is 21.1. The third-order valence-electron chi connectivity index (χ3n) is 3.29. The van der Waals surface area contributed by atoms with Crippen LogP contribution in [0.2, 0.25) is 0 Å². The lowest BCUT2D eigenvalue weighted by Gasteiger charge is -2.07. The second kappa shape index (κ2) is 16.2. The van der Waals surface area contributed by atoms with Gasteiger partial charge in [0.2, 0.25) is 5.91 Å². The van der Waals surface area contributed by atoms with Gasteiger partial charge in [0.25, 0.3) is 0 Å². The van der Waals surface area contributed by atoms with Gasteiger partial charge >= 0.3 is 0 Å². The van der Waals surface area contributed by atoms with Gasteiger partial charge in [0.05, 0.1) is 17.7 Å². The van der Waals surface area contributed by atoms with Gasteiger partial charge in [-0.15, -0.1) is 11.3 Å². The molecule has 31 heavy (non-hydrogen) atoms. The third kappa shape index (κ3) is 14.2. The molecule has 0 aliphatic rings. The highest BCUT2D eigenvalue weighted by Crippen LogP contribution is 2.25. The summed E-state index contributed by atoms with van der Waals surface area (Å²) < 4.78 is 5.52. The minimum atomic E-state index is -0.198. The molecule has 0 spiro atoms. The van der Waals surface area contributed by atoms with E-state index in [4.69, 9.17) is 4.18 Å². The van der Waals surface area contributed by atoms with E-state index in [1.54, 1.807) is 30.5 Å². The van der Waals surface area contributed by atoms with Crippen LogP contribution in [0.1, 0.15) is 40.3 Å². The van der Waals surface area contributed by atoms with Crippen molar-refractivity contribution in [3.8, 4) is 0 Å². The largest absolute Gasteiger partial charge is 0.504 e. The number of carbonyl (C=O) groups excluding carboxylic acids is 1. The first-order valence-corrected chi connectivity index (χ1v) is 11.4. The molecule has 9 heteroatoms. The van der Waals surface area contributed by atoms with Crippen LogP contribution in [0.5, 0.6) is 0 Å². The summed E-state index contributed by atoms with van der Waals surface area (Å²) >= 11 is 2.30. The van der Waals surface area contributed by atoms with Gasteiger partial charge in [-0.05, 0) is 39.1 Å². The van der Waals surface area contributed by atoms with E-state index in [0.29, 0.717) is 21.8 Å². The Kier molecular flexibility index (Phi) is 14.9. The van der Waals surface area contributed by atoms with Gasteiger partial charge in [0.1, 0.15) is 0 Å². The summed E-state index contributed by atoms with van der Waals surface area (Å²) in [6.07, 6.45) is 6.66. The Bertz CT molecular complexity index is 811. The Hall–Kier alpha value is -2.49. The van der Waals surface area contributed by atoms with Crippen LogP contribution >= 0.6 is 23.4 Å². The predicted octanol–water partition coefficient (Wildman–Crippen LogP) is 5.38. The van der Waals surface area contributed by atoms with Crippen LogP contribution in [0.4, 0.5) is 5.13 Å². The molecule has 0 aliphatic carbocycles. The fraction of sp³-hybridized carbons (Fsp3) is 0.364. The number of rotatable bonds is 11. The molecule has 0 atom stereocenters. The number of anilines is 1. The number of carbonyl (C=O) groups is 1. The third-order valence-corrected chi connectivity index (χ3v) is 4.68. The molecular formula is C22H34N4O3S2. The summed E-state index contributed by atoms with van der Waals surface area (Å²) in [7, 11) is 1.95. The molecule has 1 amide bonds. The first-order valence-electron chi connectivity index (χ1n) is 9.74. The fourth-order valence-corrected chi connectivity index (χ4v) is 2.83. The van der Waals surface area contributed by atoms with E-state index in [1.165, 1.54) is 24.3 Å². The first-order chi connectivity index (χ1) is 14.6. The van der Waals surface area contributed by atoms with Crippen LogP contribution in [0.25, 0.3) is 6.08 Å². The number of amides is 1. The van der Waals surface area contributed by atoms with Crippen molar-refractivity contribution in [3.05, 3.63) is 64.6 Å². The summed E-state index contributed by atoms with van der Waals surface area (Å²) in [6.45, 7) is 17.9. The molecule has 1 aromatic heterocycles. The smallest absolute Gasteiger partial charge is 0.223 e. The van der Waals surface area contributed by atoms with Gasteiger partial charge in [0, 0.05) is 41.6 Å². The monoisotopic (exact) mass is 466 g/mol. The molecule has 0 bridgehead atoms. The number of allylic oxidation sites excluding steroid dienone is 3. The molecule has 4 N–H and O–H groups in total. The lowest BCUT2D eigenvalue weighted by Crippen LogP contribution is -2.15. The Morgan fingerprint density at radius 1 is 1.39 bits per heavy atom. The highest BCUT2D eigenvalue weighted by atomic mass is 32.2. The van der Waals surface area contributed by atoms with Crippen LogP contribution in [-0.2, 0) is 8.98 Å². The number of nitrogens with one attached hydrogen (secondary N) is 3. The van der Waals surface area contributed by atoms with E-state index in [2.05, 4.69) is 47.9 Å². The van der Waals surface area contributed by atoms with Gasteiger partial charge in [-0.1, -0.05) is 27.0 Å². The van der Waals surface area contributed by atoms with E-state index in [-0.39, 0.29) is 17.4 Å². The fourth-order valence-electron chi connectivity index (χ4n) is 1.62. The lowest BCUT2D eigenvalue weighted by atomic mass is 10.3. The Morgan fingerprint density at radius 2 is 2.03 bits per heavy atom. The molecule has 0 aliphatic heterocycles. The Balaban J connectivity index is 0.00000161. The van der Waals surface area contributed by atoms with Crippen LogP contribution in [0, 0.1) is 0 Å². The quantitative estimate of drug-likeness (QED) is 0.198. The van der Waals surface area contributed by atoms with Crippen molar-refractivity contribution in [3.63, 3.8) is 0 Å². The number of aliphatic hydroxyl groups is 1. The molecule has 0 saturated carbocycles. The van der Waals surface area contributed by atoms with Crippen molar-refractivity contribution in [2.75, 3.05) is 18.9 Å². The minimum absolute atomic E-state index is 0.0755. The maximum Gasteiger partial charge on any atom is 0.223 e. The average molecular weight is 467 g/mol. The lowest BCUT2D eigenvalue weighted by molar-refractivity contribution is -0.114. The van der Waals surface area contributed by atoms with E-state index in [0.717, 1.165) is 24.3 Å². The maximum atomic E-state index is 11.0. The van der Waals surface area contributed by atoms with Crippen molar-refractivity contribution >= 4 is 40.5 Å². The molecule has 0 unspecified atom stereocenters. The molecule has 1 rings (SSSR count). The highest BCUT2D eigenvalue weighted by Gasteiger charge is 2.08. The zero-order chi connectivity index (χ0) is 23.8. The number of aliphatic hydroxyl groups excluding tert-OH is 1. The Labute approximate surface area is 194 Å². The van der Waals surface area contributed by atoms with E-state index >= 15 is 0 Å². The number of likely N-dealkylation sites (N-methyl/N-ethyl adjacent to an activating group) is 1. The Morgan fingerprint density at radius 3 is 2.55 bits per heavy atom. The second-order valence-electron chi connectivity index (χ2n) is 6.41. The topological polar surface area (TPSA) is 95.5 Å². The summed E-state index contributed by atoms with van der Waals surface area (Å²) in [5.74, 6) is 0.00835. The molecule has 172 valence electrons. The SMILES string of the molecule is C=C(/C=C\C(=C)SOC(=C/C)/C(O)=C\c1csc(NC(C)=O)n1)NCC.CNC(C)C. The standard InChI is InChI=1S/C18H23N3O3S2.C4H11N/c1-6-17(24-26-13(4)9-8-12(3)19-7-2)16(23)10-15-11-25-18(21-15)20-14(5)22;1-4(2)5-3/h6,8-11,19,23H,3-4,7H2,1-2,5H3,(H,20,21,22);4-5H,1-3H3/b9-8-,16-10+,17-6+;. The number of aromatic nitrogens is 1. The normalized spacial score (nSPS) is 11.7. The molecule has 1 aromatic rings. The van der Waals surface area contributed by atoms with Crippen molar-refractivity contribution in [1.29, 1.82) is 0 Å². The average Bonchev–Trinajstić information content (AvgIpc) is 3.13. The molecule has 0 aromatic carbocycles. The van der Waals surface area contributed by atoms with Crippen LogP contribution in [0.15, 0.2) is 58.9 Å². The molecule has 7 nitrogen and oxygen atoms in total. The van der Waals surface area contributed by atoms with Gasteiger partial charge < -0.3 is 25.2 Å². The number of hydrogen-bond acceptors (Lipinski definition) is 8. The van der Waals surface area contributed by atoms with Gasteiger partial charge in [-0.3, -0.25) is 4.79 Å². The van der Waals surface area contributed by atoms with E-state index in [9.17, 15) is 9.90 Å². The van der Waals surface area contributed by atoms with Crippen molar-refractivity contribution < 1.29 is 14.1 Å². The van der Waals surface area contributed by atoms with Gasteiger partial charge in [-0.25, -0.2) is 4.98 Å². The number of hydrogen-bond donors (Lipinski definition) is 4. The highest BCUT2D eigenvalue weighted by molar-refractivity contribution is 7.98. The molecule has 0 radical (unpaired) electrons. The summed E-state index contributed by atoms with van der Waals surface area (Å²) in [5.41, 5.74) is 1.30. The predicted molar refractivity (Wildman–Crippen MR) is 135 cm³/mol. The van der Waals surface area contributed by atoms with Crippen molar-refractivity contribution in [2.45, 2.75) is 40.7 Å². The van der Waals surface area contributed by atoms with Crippen molar-refractivity contribution in [1.82, 2.24) is 15.6 Å². The van der Waals surface area contributed by atoms with Crippen molar-refractivity contribution in [2.24, 2.45) is 0 Å². The second-order valence-corrected chi connectivity index (χ2v) is 8.12. The number of thiazole rings is 1.